The van der Waals surface area contributed by atoms with E-state index in [1.54, 1.807) is 29.2 Å². The second kappa shape index (κ2) is 14.0. The molecular weight excluding hydrogens is 546 g/mol. The van der Waals surface area contributed by atoms with Gasteiger partial charge in [-0.2, -0.15) is 0 Å². The molecule has 2 amide bonds. The quantitative estimate of drug-likeness (QED) is 0.294. The summed E-state index contributed by atoms with van der Waals surface area (Å²) in [6, 6.07) is 20.8. The van der Waals surface area contributed by atoms with Crippen LogP contribution >= 0.6 is 0 Å². The van der Waals surface area contributed by atoms with Crippen LogP contribution in [-0.4, -0.2) is 43.8 Å². The van der Waals surface area contributed by atoms with Crippen molar-refractivity contribution in [2.45, 2.75) is 89.7 Å². The minimum absolute atomic E-state index is 0.0980. The van der Waals surface area contributed by atoms with Crippen molar-refractivity contribution in [3.05, 3.63) is 95.1 Å². The number of carbonyl (C=O) groups is 2. The molecule has 1 N–H and O–H groups in total. The van der Waals surface area contributed by atoms with E-state index in [0.717, 1.165) is 47.9 Å². The lowest BCUT2D eigenvalue weighted by Crippen LogP contribution is -2.54. The fourth-order valence-electron chi connectivity index (χ4n) is 5.75. The van der Waals surface area contributed by atoms with E-state index in [0.29, 0.717) is 12.1 Å². The Hall–Kier alpha value is -3.65. The maximum Gasteiger partial charge on any atom is 0.264 e. The number of hydrogen-bond acceptors (Lipinski definition) is 4. The van der Waals surface area contributed by atoms with Crippen LogP contribution in [0, 0.1) is 20.8 Å². The summed E-state index contributed by atoms with van der Waals surface area (Å²) in [5, 5.41) is 3.20. The Bertz CT molecular complexity index is 1480. The minimum Gasteiger partial charge on any atom is -0.352 e. The maximum absolute atomic E-state index is 14.3. The Balaban J connectivity index is 1.73. The number of rotatable bonds is 11. The predicted molar refractivity (Wildman–Crippen MR) is 168 cm³/mol. The van der Waals surface area contributed by atoms with E-state index in [9.17, 15) is 18.0 Å². The molecule has 1 atom stereocenters. The van der Waals surface area contributed by atoms with Gasteiger partial charge in [0.2, 0.25) is 11.8 Å². The average Bonchev–Trinajstić information content (AvgIpc) is 2.98. The average molecular weight is 590 g/mol. The van der Waals surface area contributed by atoms with Crippen LogP contribution in [0.5, 0.6) is 0 Å². The molecule has 0 bridgehead atoms. The van der Waals surface area contributed by atoms with Crippen LogP contribution in [0.1, 0.15) is 67.7 Å². The van der Waals surface area contributed by atoms with Crippen molar-refractivity contribution in [2.24, 2.45) is 0 Å². The second-order valence-electron chi connectivity index (χ2n) is 11.3. The molecule has 0 heterocycles. The topological polar surface area (TPSA) is 86.8 Å². The second-order valence-corrected chi connectivity index (χ2v) is 13.2. The van der Waals surface area contributed by atoms with Crippen LogP contribution in [0.25, 0.3) is 0 Å². The van der Waals surface area contributed by atoms with Gasteiger partial charge in [-0.05, 0) is 74.9 Å². The van der Waals surface area contributed by atoms with Gasteiger partial charge in [-0.3, -0.25) is 13.9 Å². The summed E-state index contributed by atoms with van der Waals surface area (Å²) >= 11 is 0. The van der Waals surface area contributed by atoms with Gasteiger partial charge < -0.3 is 10.2 Å². The lowest BCUT2D eigenvalue weighted by atomic mass is 9.95. The first-order valence-electron chi connectivity index (χ1n) is 14.9. The summed E-state index contributed by atoms with van der Waals surface area (Å²) in [5.74, 6) is -0.612. The van der Waals surface area contributed by atoms with Crippen molar-refractivity contribution in [3.8, 4) is 0 Å². The highest BCUT2D eigenvalue weighted by atomic mass is 32.2. The number of benzene rings is 3. The Morgan fingerprint density at radius 3 is 2.19 bits per heavy atom. The smallest absolute Gasteiger partial charge is 0.264 e. The van der Waals surface area contributed by atoms with E-state index in [2.05, 4.69) is 5.32 Å². The first kappa shape index (κ1) is 31.3. The SMILES string of the molecule is CC[C@H](C(=O)NC1CCCCC1)N(Cc1ccccc1C)C(=O)CN(c1ccc(C)cc1C)S(=O)(=O)c1ccccc1. The molecule has 224 valence electrons. The lowest BCUT2D eigenvalue weighted by molar-refractivity contribution is -0.140. The van der Waals surface area contributed by atoms with Gasteiger partial charge in [-0.15, -0.1) is 0 Å². The van der Waals surface area contributed by atoms with Crippen LogP contribution in [0.15, 0.2) is 77.7 Å². The zero-order valence-electron chi connectivity index (χ0n) is 25.2. The van der Waals surface area contributed by atoms with Gasteiger partial charge in [0.25, 0.3) is 10.0 Å². The van der Waals surface area contributed by atoms with Gasteiger partial charge in [0.1, 0.15) is 12.6 Å². The van der Waals surface area contributed by atoms with Gasteiger partial charge in [0.05, 0.1) is 10.6 Å². The van der Waals surface area contributed by atoms with Gasteiger partial charge in [-0.1, -0.05) is 86.3 Å². The highest BCUT2D eigenvalue weighted by Crippen LogP contribution is 2.28. The van der Waals surface area contributed by atoms with Gasteiger partial charge in [-0.25, -0.2) is 8.42 Å². The van der Waals surface area contributed by atoms with Crippen molar-refractivity contribution in [3.63, 3.8) is 0 Å². The molecule has 42 heavy (non-hydrogen) atoms. The summed E-state index contributed by atoms with van der Waals surface area (Å²) in [6.07, 6.45) is 5.61. The molecule has 1 aliphatic carbocycles. The monoisotopic (exact) mass is 589 g/mol. The standard InChI is InChI=1S/C34H43N3O4S/c1-5-31(34(39)35-29-16-8-6-9-17-29)36(23-28-15-13-12-14-26(28)3)33(38)24-37(32-21-20-25(2)22-27(32)4)42(40,41)30-18-10-7-11-19-30/h7,10-15,18-22,29,31H,5-6,8-9,16-17,23-24H2,1-4H3,(H,35,39)/t31-/m1/s1. The molecule has 1 saturated carbocycles. The summed E-state index contributed by atoms with van der Waals surface area (Å²) in [6.45, 7) is 7.43. The molecule has 0 spiro atoms. The Kier molecular flexibility index (Phi) is 10.4. The zero-order chi connectivity index (χ0) is 30.3. The predicted octanol–water partition coefficient (Wildman–Crippen LogP) is 6.06. The van der Waals surface area contributed by atoms with Gasteiger partial charge in [0.15, 0.2) is 0 Å². The fourth-order valence-corrected chi connectivity index (χ4v) is 7.25. The van der Waals surface area contributed by atoms with Crippen LogP contribution in [0.2, 0.25) is 0 Å². The van der Waals surface area contributed by atoms with Crippen molar-refractivity contribution in [1.29, 1.82) is 0 Å². The zero-order valence-corrected chi connectivity index (χ0v) is 26.0. The number of nitrogens with zero attached hydrogens (tertiary/aromatic N) is 2. The third-order valence-electron chi connectivity index (χ3n) is 8.17. The van der Waals surface area contributed by atoms with Crippen LogP contribution in [0.3, 0.4) is 0 Å². The number of sulfonamides is 1. The molecule has 0 unspecified atom stereocenters. The normalized spacial score (nSPS) is 14.7. The summed E-state index contributed by atoms with van der Waals surface area (Å²) < 4.78 is 29.3. The first-order chi connectivity index (χ1) is 20.1. The highest BCUT2D eigenvalue weighted by Gasteiger charge is 2.35. The molecule has 3 aromatic rings. The van der Waals surface area contributed by atoms with Crippen LogP contribution < -0.4 is 9.62 Å². The number of aryl methyl sites for hydroxylation is 3. The minimum atomic E-state index is -4.09. The van der Waals surface area contributed by atoms with Crippen LogP contribution in [-0.2, 0) is 26.2 Å². The molecule has 0 aromatic heterocycles. The molecule has 0 aliphatic heterocycles. The van der Waals surface area contributed by atoms with E-state index >= 15 is 0 Å². The van der Waals surface area contributed by atoms with E-state index in [-0.39, 0.29) is 23.4 Å². The molecule has 1 fully saturated rings. The van der Waals surface area contributed by atoms with Crippen LogP contribution in [0.4, 0.5) is 5.69 Å². The Labute approximate surface area is 251 Å². The summed E-state index contributed by atoms with van der Waals surface area (Å²) in [7, 11) is -4.09. The van der Waals surface area contributed by atoms with Crippen molar-refractivity contribution >= 4 is 27.5 Å². The highest BCUT2D eigenvalue weighted by molar-refractivity contribution is 7.92. The maximum atomic E-state index is 14.3. The van der Waals surface area contributed by atoms with Crippen molar-refractivity contribution in [1.82, 2.24) is 10.2 Å². The number of carbonyl (C=O) groups excluding carboxylic acids is 2. The Morgan fingerprint density at radius 1 is 0.881 bits per heavy atom. The summed E-state index contributed by atoms with van der Waals surface area (Å²) in [4.78, 5) is 29.7. The molecule has 7 nitrogen and oxygen atoms in total. The van der Waals surface area contributed by atoms with E-state index in [4.69, 9.17) is 0 Å². The van der Waals surface area contributed by atoms with Crippen molar-refractivity contribution in [2.75, 3.05) is 10.8 Å². The van der Waals surface area contributed by atoms with E-state index in [1.807, 2.05) is 64.1 Å². The summed E-state index contributed by atoms with van der Waals surface area (Å²) in [5.41, 5.74) is 4.09. The molecular formula is C34H43N3O4S. The molecule has 0 saturated heterocycles. The Morgan fingerprint density at radius 2 is 1.55 bits per heavy atom. The van der Waals surface area contributed by atoms with Crippen molar-refractivity contribution < 1.29 is 18.0 Å². The van der Waals surface area contributed by atoms with Gasteiger partial charge >= 0.3 is 0 Å². The molecule has 1 aliphatic rings. The number of amides is 2. The van der Waals surface area contributed by atoms with E-state index < -0.39 is 28.5 Å². The van der Waals surface area contributed by atoms with E-state index in [1.165, 1.54) is 22.9 Å². The number of nitrogens with one attached hydrogen (secondary N) is 1. The van der Waals surface area contributed by atoms with Gasteiger partial charge in [0, 0.05) is 12.6 Å². The number of anilines is 1. The lowest BCUT2D eigenvalue weighted by Gasteiger charge is -2.35. The fraction of sp³-hybridized carbons (Fsp3) is 0.412. The molecule has 8 heteroatoms. The third kappa shape index (κ3) is 7.40. The number of hydrogen-bond donors (Lipinski definition) is 1. The molecule has 0 radical (unpaired) electrons. The molecule has 4 rings (SSSR count). The first-order valence-corrected chi connectivity index (χ1v) is 16.3. The third-order valence-corrected chi connectivity index (χ3v) is 9.94. The molecule has 3 aromatic carbocycles. The largest absolute Gasteiger partial charge is 0.352 e.